The van der Waals surface area contributed by atoms with Gasteiger partial charge in [0.25, 0.3) is 0 Å². The van der Waals surface area contributed by atoms with Gasteiger partial charge in [-0.3, -0.25) is 4.98 Å². The van der Waals surface area contributed by atoms with Crippen LogP contribution in [0.4, 0.5) is 10.5 Å². The summed E-state index contributed by atoms with van der Waals surface area (Å²) < 4.78 is 0. The molecule has 0 aliphatic heterocycles. The number of anilines is 1. The predicted octanol–water partition coefficient (Wildman–Crippen LogP) is 1.31. The molecular weight excluding hydrogens is 222 g/mol. The number of hydrogen-bond acceptors (Lipinski definition) is 3. The molecule has 0 aliphatic carbocycles. The monoisotopic (exact) mass is 237 g/mol. The second-order valence-corrected chi connectivity index (χ2v) is 3.90. The van der Waals surface area contributed by atoms with Gasteiger partial charge >= 0.3 is 12.0 Å². The summed E-state index contributed by atoms with van der Waals surface area (Å²) in [6.07, 6.45) is 3.06. The van der Waals surface area contributed by atoms with Crippen LogP contribution in [0.3, 0.4) is 0 Å². The van der Waals surface area contributed by atoms with Crippen LogP contribution in [0, 0.1) is 5.92 Å². The van der Waals surface area contributed by atoms with Crippen LogP contribution in [0.25, 0.3) is 0 Å². The summed E-state index contributed by atoms with van der Waals surface area (Å²) in [5.74, 6) is -1.24. The van der Waals surface area contributed by atoms with E-state index in [0.29, 0.717) is 5.69 Å². The van der Waals surface area contributed by atoms with Crippen LogP contribution in [0.1, 0.15) is 13.8 Å². The zero-order valence-corrected chi connectivity index (χ0v) is 9.68. The molecule has 6 nitrogen and oxygen atoms in total. The van der Waals surface area contributed by atoms with Crippen molar-refractivity contribution in [3.63, 3.8) is 0 Å². The van der Waals surface area contributed by atoms with E-state index in [2.05, 4.69) is 15.6 Å². The number of rotatable bonds is 4. The highest BCUT2D eigenvalue weighted by molar-refractivity contribution is 5.92. The minimum absolute atomic E-state index is 0.188. The summed E-state index contributed by atoms with van der Waals surface area (Å²) in [7, 11) is 0. The van der Waals surface area contributed by atoms with Crippen molar-refractivity contribution in [2.45, 2.75) is 19.9 Å². The molecule has 17 heavy (non-hydrogen) atoms. The molecule has 0 saturated carbocycles. The molecule has 0 aliphatic rings. The second kappa shape index (κ2) is 5.83. The number of pyridine rings is 1. The third-order valence-electron chi connectivity index (χ3n) is 2.14. The van der Waals surface area contributed by atoms with E-state index in [-0.39, 0.29) is 5.92 Å². The normalized spacial score (nSPS) is 11.9. The Kier molecular flexibility index (Phi) is 4.45. The third kappa shape index (κ3) is 4.10. The molecule has 0 radical (unpaired) electrons. The highest BCUT2D eigenvalue weighted by atomic mass is 16.4. The lowest BCUT2D eigenvalue weighted by atomic mass is 10.1. The van der Waals surface area contributed by atoms with E-state index in [1.54, 1.807) is 32.2 Å². The van der Waals surface area contributed by atoms with Crippen molar-refractivity contribution in [2.75, 3.05) is 5.32 Å². The number of carbonyl (C=O) groups excluding carboxylic acids is 1. The lowest BCUT2D eigenvalue weighted by Gasteiger charge is -2.18. The van der Waals surface area contributed by atoms with Crippen molar-refractivity contribution in [2.24, 2.45) is 5.92 Å². The fourth-order valence-electron chi connectivity index (χ4n) is 1.26. The van der Waals surface area contributed by atoms with Gasteiger partial charge in [0.2, 0.25) is 0 Å². The summed E-state index contributed by atoms with van der Waals surface area (Å²) in [5, 5.41) is 13.8. The molecule has 1 aromatic rings. The summed E-state index contributed by atoms with van der Waals surface area (Å²) in [6, 6.07) is 1.87. The van der Waals surface area contributed by atoms with E-state index in [1.807, 2.05) is 0 Å². The van der Waals surface area contributed by atoms with Gasteiger partial charge in [0, 0.05) is 6.20 Å². The van der Waals surface area contributed by atoms with Gasteiger partial charge < -0.3 is 15.7 Å². The summed E-state index contributed by atoms with van der Waals surface area (Å²) in [5.41, 5.74) is 0.512. The van der Waals surface area contributed by atoms with Crippen LogP contribution in [0.15, 0.2) is 24.5 Å². The number of urea groups is 1. The van der Waals surface area contributed by atoms with Gasteiger partial charge in [0.05, 0.1) is 11.9 Å². The Balaban J connectivity index is 2.57. The van der Waals surface area contributed by atoms with E-state index >= 15 is 0 Å². The first kappa shape index (κ1) is 13.0. The van der Waals surface area contributed by atoms with Crippen LogP contribution in [-0.2, 0) is 4.79 Å². The van der Waals surface area contributed by atoms with Gasteiger partial charge in [0.15, 0.2) is 0 Å². The van der Waals surface area contributed by atoms with Crippen LogP contribution in [0.2, 0.25) is 0 Å². The van der Waals surface area contributed by atoms with E-state index in [1.165, 1.54) is 6.20 Å². The summed E-state index contributed by atoms with van der Waals surface area (Å²) in [6.45, 7) is 3.45. The molecule has 2 amide bonds. The molecule has 6 heteroatoms. The smallest absolute Gasteiger partial charge is 0.326 e. The zero-order valence-electron chi connectivity index (χ0n) is 9.68. The summed E-state index contributed by atoms with van der Waals surface area (Å²) >= 11 is 0. The average Bonchev–Trinajstić information content (AvgIpc) is 2.26. The fourth-order valence-corrected chi connectivity index (χ4v) is 1.26. The largest absolute Gasteiger partial charge is 0.480 e. The maximum atomic E-state index is 11.5. The number of hydrogen-bond donors (Lipinski definition) is 3. The Morgan fingerprint density at radius 1 is 1.41 bits per heavy atom. The van der Waals surface area contributed by atoms with Crippen molar-refractivity contribution in [3.05, 3.63) is 24.5 Å². The molecule has 0 bridgehead atoms. The number of carboxylic acid groups (broad SMARTS) is 1. The first-order chi connectivity index (χ1) is 8.00. The van der Waals surface area contributed by atoms with Gasteiger partial charge in [-0.1, -0.05) is 13.8 Å². The van der Waals surface area contributed by atoms with E-state index < -0.39 is 18.0 Å². The second-order valence-electron chi connectivity index (χ2n) is 3.90. The molecule has 1 rings (SSSR count). The minimum atomic E-state index is -1.05. The van der Waals surface area contributed by atoms with Gasteiger partial charge in [0.1, 0.15) is 6.04 Å². The molecule has 0 fully saturated rings. The molecule has 1 aromatic heterocycles. The highest BCUT2D eigenvalue weighted by Crippen LogP contribution is 2.05. The van der Waals surface area contributed by atoms with Gasteiger partial charge in [-0.15, -0.1) is 0 Å². The lowest BCUT2D eigenvalue weighted by molar-refractivity contribution is -0.140. The predicted molar refractivity (Wildman–Crippen MR) is 62.7 cm³/mol. The van der Waals surface area contributed by atoms with E-state index in [9.17, 15) is 9.59 Å². The molecule has 92 valence electrons. The number of amides is 2. The van der Waals surface area contributed by atoms with Crippen LogP contribution >= 0.6 is 0 Å². The van der Waals surface area contributed by atoms with Crippen LogP contribution in [0.5, 0.6) is 0 Å². The third-order valence-corrected chi connectivity index (χ3v) is 2.14. The Hall–Kier alpha value is -2.11. The first-order valence-corrected chi connectivity index (χ1v) is 5.21. The van der Waals surface area contributed by atoms with Crippen LogP contribution in [-0.4, -0.2) is 28.1 Å². The van der Waals surface area contributed by atoms with E-state index in [4.69, 9.17) is 5.11 Å². The Morgan fingerprint density at radius 3 is 2.59 bits per heavy atom. The number of aliphatic carboxylic acids is 1. The summed E-state index contributed by atoms with van der Waals surface area (Å²) in [4.78, 5) is 26.2. The lowest BCUT2D eigenvalue weighted by Crippen LogP contribution is -2.46. The number of aromatic nitrogens is 1. The molecule has 1 unspecified atom stereocenters. The van der Waals surface area contributed by atoms with E-state index in [0.717, 1.165) is 0 Å². The van der Waals surface area contributed by atoms with Gasteiger partial charge in [-0.2, -0.15) is 0 Å². The number of carboxylic acids is 1. The Bertz CT molecular complexity index is 392. The molecule has 0 aromatic carbocycles. The van der Waals surface area contributed by atoms with Gasteiger partial charge in [-0.05, 0) is 18.1 Å². The molecule has 0 saturated heterocycles. The van der Waals surface area contributed by atoms with Crippen molar-refractivity contribution in [1.29, 1.82) is 0 Å². The standard InChI is InChI=1S/C11H15N3O3/c1-7(2)9(10(15)16)14-11(17)13-8-4-3-5-12-6-8/h3-7,9H,1-2H3,(H,15,16)(H2,13,14,17). The van der Waals surface area contributed by atoms with Crippen molar-refractivity contribution in [3.8, 4) is 0 Å². The van der Waals surface area contributed by atoms with Crippen LogP contribution < -0.4 is 10.6 Å². The zero-order chi connectivity index (χ0) is 12.8. The molecular formula is C11H15N3O3. The molecule has 1 heterocycles. The quantitative estimate of drug-likeness (QED) is 0.736. The fraction of sp³-hybridized carbons (Fsp3) is 0.364. The maximum Gasteiger partial charge on any atom is 0.326 e. The average molecular weight is 237 g/mol. The van der Waals surface area contributed by atoms with Gasteiger partial charge in [-0.25, -0.2) is 9.59 Å². The Morgan fingerprint density at radius 2 is 2.12 bits per heavy atom. The molecule has 1 atom stereocenters. The number of nitrogens with one attached hydrogen (secondary N) is 2. The number of carbonyl (C=O) groups is 2. The topological polar surface area (TPSA) is 91.3 Å². The minimum Gasteiger partial charge on any atom is -0.480 e. The number of nitrogens with zero attached hydrogens (tertiary/aromatic N) is 1. The first-order valence-electron chi connectivity index (χ1n) is 5.21. The SMILES string of the molecule is CC(C)C(NC(=O)Nc1cccnc1)C(=O)O. The molecule has 3 N–H and O–H groups in total. The van der Waals surface area contributed by atoms with Crippen molar-refractivity contribution >= 4 is 17.7 Å². The molecule has 0 spiro atoms. The maximum absolute atomic E-state index is 11.5. The van der Waals surface area contributed by atoms with Crippen molar-refractivity contribution < 1.29 is 14.7 Å². The van der Waals surface area contributed by atoms with Crippen molar-refractivity contribution in [1.82, 2.24) is 10.3 Å². The highest BCUT2D eigenvalue weighted by Gasteiger charge is 2.23. The Labute approximate surface area is 99.1 Å².